The SMILES string of the molecule is CC(C)C(=O)N1CCc2ccc(NC(=O)Nc3cccs3)cc2C1. The molecule has 3 rings (SSSR count). The third-order valence-corrected chi connectivity index (χ3v) is 4.83. The van der Waals surface area contributed by atoms with Crippen molar-refractivity contribution in [1.29, 1.82) is 0 Å². The number of hydrogen-bond donors (Lipinski definition) is 2. The van der Waals surface area contributed by atoms with Crippen LogP contribution >= 0.6 is 11.3 Å². The second-order valence-corrected chi connectivity index (χ2v) is 7.15. The number of rotatable bonds is 3. The van der Waals surface area contributed by atoms with E-state index < -0.39 is 0 Å². The largest absolute Gasteiger partial charge is 0.338 e. The van der Waals surface area contributed by atoms with Crippen molar-refractivity contribution >= 4 is 34.0 Å². The first-order chi connectivity index (χ1) is 11.5. The van der Waals surface area contributed by atoms with Crippen molar-refractivity contribution in [3.63, 3.8) is 0 Å². The Morgan fingerprint density at radius 2 is 2.00 bits per heavy atom. The number of thiophene rings is 1. The Hall–Kier alpha value is -2.34. The highest BCUT2D eigenvalue weighted by Gasteiger charge is 2.22. The Morgan fingerprint density at radius 1 is 1.17 bits per heavy atom. The number of fused-ring (bicyclic) bond motifs is 1. The summed E-state index contributed by atoms with van der Waals surface area (Å²) in [5.41, 5.74) is 3.08. The molecule has 2 heterocycles. The average Bonchev–Trinajstić information content (AvgIpc) is 3.06. The summed E-state index contributed by atoms with van der Waals surface area (Å²) in [5, 5.41) is 8.36. The molecule has 0 atom stereocenters. The Kier molecular flexibility index (Phi) is 4.85. The quantitative estimate of drug-likeness (QED) is 0.887. The van der Waals surface area contributed by atoms with E-state index in [0.717, 1.165) is 29.2 Å². The molecule has 3 amide bonds. The minimum atomic E-state index is -0.261. The second-order valence-electron chi connectivity index (χ2n) is 6.20. The number of hydrogen-bond acceptors (Lipinski definition) is 3. The van der Waals surface area contributed by atoms with Crippen molar-refractivity contribution < 1.29 is 9.59 Å². The summed E-state index contributed by atoms with van der Waals surface area (Å²) < 4.78 is 0. The topological polar surface area (TPSA) is 61.4 Å². The van der Waals surface area contributed by atoms with Gasteiger partial charge in [-0.25, -0.2) is 4.79 Å². The lowest BCUT2D eigenvalue weighted by molar-refractivity contribution is -0.135. The van der Waals surface area contributed by atoms with Crippen LogP contribution in [-0.2, 0) is 17.8 Å². The highest BCUT2D eigenvalue weighted by molar-refractivity contribution is 7.14. The van der Waals surface area contributed by atoms with Crippen LogP contribution in [0.25, 0.3) is 0 Å². The number of anilines is 2. The summed E-state index contributed by atoms with van der Waals surface area (Å²) in [7, 11) is 0. The Morgan fingerprint density at radius 3 is 2.71 bits per heavy atom. The highest BCUT2D eigenvalue weighted by atomic mass is 32.1. The molecule has 0 aliphatic carbocycles. The first kappa shape index (κ1) is 16.5. The number of carbonyl (C=O) groups excluding carboxylic acids is 2. The fourth-order valence-corrected chi connectivity index (χ4v) is 3.42. The van der Waals surface area contributed by atoms with Gasteiger partial charge >= 0.3 is 6.03 Å². The number of nitrogens with zero attached hydrogens (tertiary/aromatic N) is 1. The van der Waals surface area contributed by atoms with Crippen LogP contribution in [0.3, 0.4) is 0 Å². The summed E-state index contributed by atoms with van der Waals surface area (Å²) in [5.74, 6) is 0.180. The van der Waals surface area contributed by atoms with E-state index in [0.29, 0.717) is 6.54 Å². The molecule has 24 heavy (non-hydrogen) atoms. The van der Waals surface area contributed by atoms with Crippen molar-refractivity contribution in [1.82, 2.24) is 4.90 Å². The van der Waals surface area contributed by atoms with Gasteiger partial charge in [0, 0.05) is 24.7 Å². The van der Waals surface area contributed by atoms with Gasteiger partial charge < -0.3 is 10.2 Å². The molecule has 126 valence electrons. The van der Waals surface area contributed by atoms with Crippen molar-refractivity contribution in [2.75, 3.05) is 17.2 Å². The van der Waals surface area contributed by atoms with Crippen LogP contribution in [0.15, 0.2) is 35.7 Å². The van der Waals surface area contributed by atoms with E-state index in [2.05, 4.69) is 10.6 Å². The summed E-state index contributed by atoms with van der Waals surface area (Å²) in [4.78, 5) is 26.1. The number of urea groups is 1. The fraction of sp³-hybridized carbons (Fsp3) is 0.333. The van der Waals surface area contributed by atoms with Crippen molar-refractivity contribution in [3.8, 4) is 0 Å². The molecular formula is C18H21N3O2S. The van der Waals surface area contributed by atoms with Crippen LogP contribution in [0.4, 0.5) is 15.5 Å². The molecule has 1 aromatic heterocycles. The zero-order chi connectivity index (χ0) is 17.1. The Bertz CT molecular complexity index is 741. The van der Waals surface area contributed by atoms with Crippen molar-refractivity contribution in [3.05, 3.63) is 46.8 Å². The molecule has 0 radical (unpaired) electrons. The standard InChI is InChI=1S/C18H21N3O2S/c1-12(2)17(22)21-8-7-13-5-6-15(10-14(13)11-21)19-18(23)20-16-4-3-9-24-16/h3-6,9-10,12H,7-8,11H2,1-2H3,(H2,19,20,23). The monoisotopic (exact) mass is 343 g/mol. The van der Waals surface area contributed by atoms with Crippen molar-refractivity contribution in [2.24, 2.45) is 5.92 Å². The smallest absolute Gasteiger partial charge is 0.324 e. The lowest BCUT2D eigenvalue weighted by Crippen LogP contribution is -2.38. The van der Waals surface area contributed by atoms with E-state index in [1.807, 2.05) is 54.5 Å². The number of amides is 3. The van der Waals surface area contributed by atoms with E-state index in [-0.39, 0.29) is 17.9 Å². The van der Waals surface area contributed by atoms with Crippen LogP contribution in [0.2, 0.25) is 0 Å². The van der Waals surface area contributed by atoms with Gasteiger partial charge in [-0.3, -0.25) is 10.1 Å². The van der Waals surface area contributed by atoms with Gasteiger partial charge in [0.2, 0.25) is 5.91 Å². The maximum Gasteiger partial charge on any atom is 0.324 e. The average molecular weight is 343 g/mol. The van der Waals surface area contributed by atoms with E-state index in [1.165, 1.54) is 16.9 Å². The van der Waals surface area contributed by atoms with Gasteiger partial charge in [0.05, 0.1) is 5.00 Å². The van der Waals surface area contributed by atoms with E-state index >= 15 is 0 Å². The lowest BCUT2D eigenvalue weighted by Gasteiger charge is -2.30. The molecule has 0 spiro atoms. The molecule has 0 saturated carbocycles. The molecule has 1 aliphatic heterocycles. The molecule has 0 saturated heterocycles. The van der Waals surface area contributed by atoms with Gasteiger partial charge in [-0.2, -0.15) is 0 Å². The lowest BCUT2D eigenvalue weighted by atomic mass is 9.98. The van der Waals surface area contributed by atoms with Crippen LogP contribution in [0, 0.1) is 5.92 Å². The highest BCUT2D eigenvalue weighted by Crippen LogP contribution is 2.24. The normalized spacial score (nSPS) is 13.5. The maximum absolute atomic E-state index is 12.2. The van der Waals surface area contributed by atoms with Crippen LogP contribution in [0.1, 0.15) is 25.0 Å². The predicted molar refractivity (Wildman–Crippen MR) is 97.4 cm³/mol. The van der Waals surface area contributed by atoms with Gasteiger partial charge in [0.15, 0.2) is 0 Å². The molecule has 1 aromatic carbocycles. The third-order valence-electron chi connectivity index (χ3n) is 4.04. The third kappa shape index (κ3) is 3.76. The first-order valence-electron chi connectivity index (χ1n) is 8.05. The molecule has 5 nitrogen and oxygen atoms in total. The second kappa shape index (κ2) is 7.05. The Balaban J connectivity index is 1.68. The molecule has 6 heteroatoms. The zero-order valence-corrected chi connectivity index (χ0v) is 14.7. The molecular weight excluding hydrogens is 322 g/mol. The van der Waals surface area contributed by atoms with Gasteiger partial charge in [-0.15, -0.1) is 11.3 Å². The molecule has 2 N–H and O–H groups in total. The summed E-state index contributed by atoms with van der Waals surface area (Å²) in [6, 6.07) is 9.39. The van der Waals surface area contributed by atoms with Gasteiger partial charge in [-0.05, 0) is 47.2 Å². The fourth-order valence-electron chi connectivity index (χ4n) is 2.81. The Labute approximate surface area is 145 Å². The van der Waals surface area contributed by atoms with Crippen molar-refractivity contribution in [2.45, 2.75) is 26.8 Å². The molecule has 0 unspecified atom stereocenters. The number of carbonyl (C=O) groups is 2. The molecule has 0 bridgehead atoms. The van der Waals surface area contributed by atoms with Crippen LogP contribution in [-0.4, -0.2) is 23.4 Å². The molecule has 2 aromatic rings. The predicted octanol–water partition coefficient (Wildman–Crippen LogP) is 3.93. The van der Waals surface area contributed by atoms with Crippen LogP contribution in [0.5, 0.6) is 0 Å². The molecule has 0 fully saturated rings. The number of benzene rings is 1. The zero-order valence-electron chi connectivity index (χ0n) is 13.8. The van der Waals surface area contributed by atoms with Gasteiger partial charge in [0.1, 0.15) is 0 Å². The minimum absolute atomic E-state index is 0.00410. The maximum atomic E-state index is 12.2. The minimum Gasteiger partial charge on any atom is -0.338 e. The summed E-state index contributed by atoms with van der Waals surface area (Å²) in [6.07, 6.45) is 0.857. The van der Waals surface area contributed by atoms with Gasteiger partial charge in [-0.1, -0.05) is 19.9 Å². The summed E-state index contributed by atoms with van der Waals surface area (Å²) >= 11 is 1.47. The number of nitrogens with one attached hydrogen (secondary N) is 2. The molecule has 1 aliphatic rings. The van der Waals surface area contributed by atoms with E-state index in [1.54, 1.807) is 0 Å². The van der Waals surface area contributed by atoms with Gasteiger partial charge in [0.25, 0.3) is 0 Å². The first-order valence-corrected chi connectivity index (χ1v) is 8.93. The van der Waals surface area contributed by atoms with E-state index in [9.17, 15) is 9.59 Å². The van der Waals surface area contributed by atoms with Crippen LogP contribution < -0.4 is 10.6 Å². The van der Waals surface area contributed by atoms with E-state index in [4.69, 9.17) is 0 Å². The summed E-state index contributed by atoms with van der Waals surface area (Å²) in [6.45, 7) is 5.21.